The van der Waals surface area contributed by atoms with Gasteiger partial charge in [-0.3, -0.25) is 9.59 Å². The number of nitrogens with one attached hydrogen (secondary N) is 1. The molecule has 2 atom stereocenters. The number of nitrogens with zero attached hydrogens (tertiary/aromatic N) is 1. The molecule has 1 aromatic rings. The van der Waals surface area contributed by atoms with Gasteiger partial charge in [0, 0.05) is 11.6 Å². The molecule has 1 fully saturated rings. The summed E-state index contributed by atoms with van der Waals surface area (Å²) in [6.45, 7) is 5.40. The Balaban J connectivity index is 2.37. The van der Waals surface area contributed by atoms with Crippen molar-refractivity contribution >= 4 is 23.4 Å². The van der Waals surface area contributed by atoms with E-state index in [9.17, 15) is 14.0 Å². The van der Waals surface area contributed by atoms with Crippen molar-refractivity contribution < 1.29 is 14.0 Å². The highest BCUT2D eigenvalue weighted by molar-refractivity contribution is 6.31. The molecule has 1 aliphatic heterocycles. The fraction of sp³-hybridized carbons (Fsp3) is 0.467. The number of carbonyl (C=O) groups is 2. The second kappa shape index (κ2) is 5.64. The molecule has 0 spiro atoms. The smallest absolute Gasteiger partial charge is 0.246 e. The average molecular weight is 313 g/mol. The first kappa shape index (κ1) is 15.8. The van der Waals surface area contributed by atoms with Crippen molar-refractivity contribution in [1.82, 2.24) is 10.2 Å². The average Bonchev–Trinajstić information content (AvgIpc) is 2.43. The lowest BCUT2D eigenvalue weighted by Crippen LogP contribution is -2.68. The molecule has 0 bridgehead atoms. The largest absolute Gasteiger partial charge is 0.343 e. The lowest BCUT2D eigenvalue weighted by atomic mass is 9.90. The van der Waals surface area contributed by atoms with Gasteiger partial charge in [-0.2, -0.15) is 0 Å². The molecule has 21 heavy (non-hydrogen) atoms. The molecule has 1 saturated heterocycles. The molecule has 2 rings (SSSR count). The highest BCUT2D eigenvalue weighted by atomic mass is 35.5. The van der Waals surface area contributed by atoms with Gasteiger partial charge in [0.15, 0.2) is 0 Å². The first-order chi connectivity index (χ1) is 9.79. The van der Waals surface area contributed by atoms with Crippen molar-refractivity contribution in [3.8, 4) is 0 Å². The van der Waals surface area contributed by atoms with E-state index in [1.165, 1.54) is 23.1 Å². The predicted octanol–water partition coefficient (Wildman–Crippen LogP) is 2.49. The first-order valence-corrected chi connectivity index (χ1v) is 7.23. The Morgan fingerprint density at radius 1 is 1.43 bits per heavy atom. The Morgan fingerprint density at radius 2 is 2.10 bits per heavy atom. The molecule has 1 aromatic carbocycles. The minimum absolute atomic E-state index is 0.167. The molecular formula is C15H18ClFN2O2. The Labute approximate surface area is 128 Å². The Morgan fingerprint density at radius 3 is 2.67 bits per heavy atom. The highest BCUT2D eigenvalue weighted by Crippen LogP contribution is 2.29. The molecule has 6 heteroatoms. The number of hydrogen-bond donors (Lipinski definition) is 1. The van der Waals surface area contributed by atoms with Crippen molar-refractivity contribution in [1.29, 1.82) is 0 Å². The van der Waals surface area contributed by atoms with E-state index in [1.807, 2.05) is 6.92 Å². The van der Waals surface area contributed by atoms with Crippen LogP contribution >= 0.6 is 11.6 Å². The molecule has 4 nitrogen and oxygen atoms in total. The van der Waals surface area contributed by atoms with Crippen molar-refractivity contribution in [2.45, 2.75) is 45.3 Å². The minimum atomic E-state index is -0.929. The van der Waals surface area contributed by atoms with Crippen molar-refractivity contribution in [3.63, 3.8) is 0 Å². The number of hydrogen-bond acceptors (Lipinski definition) is 2. The van der Waals surface area contributed by atoms with Gasteiger partial charge in [0.1, 0.15) is 17.4 Å². The van der Waals surface area contributed by atoms with Crippen LogP contribution in [0.5, 0.6) is 0 Å². The molecule has 2 amide bonds. The van der Waals surface area contributed by atoms with Gasteiger partial charge < -0.3 is 10.2 Å². The van der Waals surface area contributed by atoms with Gasteiger partial charge in [-0.15, -0.1) is 0 Å². The molecular weight excluding hydrogens is 295 g/mol. The number of rotatable bonds is 3. The number of benzene rings is 1. The summed E-state index contributed by atoms with van der Waals surface area (Å²) in [5.74, 6) is -0.784. The summed E-state index contributed by atoms with van der Waals surface area (Å²) in [5.41, 5.74) is -0.311. The molecule has 2 unspecified atom stereocenters. The van der Waals surface area contributed by atoms with Gasteiger partial charge in [-0.25, -0.2) is 4.39 Å². The van der Waals surface area contributed by atoms with E-state index in [-0.39, 0.29) is 23.4 Å². The van der Waals surface area contributed by atoms with Gasteiger partial charge in [0.2, 0.25) is 11.8 Å². The Hall–Kier alpha value is -1.62. The maximum Gasteiger partial charge on any atom is 0.246 e. The zero-order valence-corrected chi connectivity index (χ0v) is 13.0. The van der Waals surface area contributed by atoms with Crippen LogP contribution in [0, 0.1) is 5.82 Å². The van der Waals surface area contributed by atoms with Gasteiger partial charge >= 0.3 is 0 Å². The van der Waals surface area contributed by atoms with Gasteiger partial charge in [0.25, 0.3) is 0 Å². The lowest BCUT2D eigenvalue weighted by Gasteiger charge is -2.45. The van der Waals surface area contributed by atoms with Crippen molar-refractivity contribution in [2.24, 2.45) is 0 Å². The van der Waals surface area contributed by atoms with Gasteiger partial charge in [0.05, 0.1) is 0 Å². The molecule has 114 valence electrons. The second-order valence-corrected chi connectivity index (χ2v) is 5.89. The van der Waals surface area contributed by atoms with Crippen molar-refractivity contribution in [2.75, 3.05) is 0 Å². The van der Waals surface area contributed by atoms with Crippen molar-refractivity contribution in [3.05, 3.63) is 34.6 Å². The lowest BCUT2D eigenvalue weighted by molar-refractivity contribution is -0.157. The van der Waals surface area contributed by atoms with Crippen LogP contribution < -0.4 is 5.32 Å². The van der Waals surface area contributed by atoms with E-state index in [0.717, 1.165) is 0 Å². The van der Waals surface area contributed by atoms with Crippen LogP contribution in [-0.4, -0.2) is 28.3 Å². The Kier molecular flexibility index (Phi) is 4.23. The molecule has 0 radical (unpaired) electrons. The topological polar surface area (TPSA) is 49.4 Å². The van der Waals surface area contributed by atoms with E-state index in [0.29, 0.717) is 12.0 Å². The number of piperazine rings is 1. The monoisotopic (exact) mass is 312 g/mol. The van der Waals surface area contributed by atoms with Crippen LogP contribution in [0.4, 0.5) is 4.39 Å². The summed E-state index contributed by atoms with van der Waals surface area (Å²) in [6.07, 6.45) is 0.482. The molecule has 1 aliphatic rings. The normalized spacial score (nSPS) is 26.0. The van der Waals surface area contributed by atoms with Crippen LogP contribution in [0.15, 0.2) is 18.2 Å². The quantitative estimate of drug-likeness (QED) is 0.932. The summed E-state index contributed by atoms with van der Waals surface area (Å²) >= 11 is 6.03. The summed E-state index contributed by atoms with van der Waals surface area (Å²) in [5, 5.41) is 2.94. The van der Waals surface area contributed by atoms with Gasteiger partial charge in [-0.05, 0) is 38.0 Å². The Bertz CT molecular complexity index is 593. The zero-order chi connectivity index (χ0) is 15.8. The van der Waals surface area contributed by atoms with Crippen LogP contribution in [0.2, 0.25) is 5.02 Å². The van der Waals surface area contributed by atoms with E-state index in [4.69, 9.17) is 11.6 Å². The molecule has 0 aromatic heterocycles. The van der Waals surface area contributed by atoms with Crippen LogP contribution in [0.25, 0.3) is 0 Å². The first-order valence-electron chi connectivity index (χ1n) is 6.86. The third-order valence-corrected chi connectivity index (χ3v) is 4.45. The van der Waals surface area contributed by atoms with Gasteiger partial charge in [-0.1, -0.05) is 24.6 Å². The van der Waals surface area contributed by atoms with Crippen LogP contribution in [-0.2, 0) is 16.1 Å². The molecule has 1 heterocycles. The maximum absolute atomic E-state index is 13.1. The van der Waals surface area contributed by atoms with Crippen LogP contribution in [0.1, 0.15) is 32.8 Å². The van der Waals surface area contributed by atoms with E-state index < -0.39 is 17.4 Å². The highest BCUT2D eigenvalue weighted by Gasteiger charge is 2.46. The zero-order valence-electron chi connectivity index (χ0n) is 12.2. The number of halogens is 2. The summed E-state index contributed by atoms with van der Waals surface area (Å²) in [6, 6.07) is 3.47. The molecule has 1 N–H and O–H groups in total. The van der Waals surface area contributed by atoms with E-state index in [1.54, 1.807) is 13.8 Å². The number of carbonyl (C=O) groups excluding carboxylic acids is 2. The minimum Gasteiger partial charge on any atom is -0.343 e. The van der Waals surface area contributed by atoms with Crippen LogP contribution in [0.3, 0.4) is 0 Å². The SMILES string of the molecule is CCC1(C)C(=O)NC(C)C(=O)N1Cc1ccc(F)cc1Cl. The predicted molar refractivity (Wildman–Crippen MR) is 78.3 cm³/mol. The summed E-state index contributed by atoms with van der Waals surface area (Å²) in [7, 11) is 0. The summed E-state index contributed by atoms with van der Waals surface area (Å²) in [4.78, 5) is 26.2. The van der Waals surface area contributed by atoms with E-state index >= 15 is 0 Å². The third-order valence-electron chi connectivity index (χ3n) is 4.10. The second-order valence-electron chi connectivity index (χ2n) is 5.48. The third kappa shape index (κ3) is 2.75. The fourth-order valence-corrected chi connectivity index (χ4v) is 2.66. The van der Waals surface area contributed by atoms with E-state index in [2.05, 4.69) is 5.32 Å². The maximum atomic E-state index is 13.1. The number of amides is 2. The summed E-state index contributed by atoms with van der Waals surface area (Å²) < 4.78 is 13.1. The fourth-order valence-electron chi connectivity index (χ4n) is 2.44. The molecule has 0 saturated carbocycles. The molecule has 0 aliphatic carbocycles. The standard InChI is InChI=1S/C15H18ClFN2O2/c1-4-15(3)14(21)18-9(2)13(20)19(15)8-10-5-6-11(17)7-12(10)16/h5-7,9H,4,8H2,1-3H3,(H,18,21).